The number of ether oxygens (including phenoxy) is 2. The summed E-state index contributed by atoms with van der Waals surface area (Å²) in [5, 5.41) is 5.76. The normalized spacial score (nSPS) is 11.6. The van der Waals surface area contributed by atoms with Gasteiger partial charge in [-0.25, -0.2) is 4.98 Å². The van der Waals surface area contributed by atoms with Crippen LogP contribution >= 0.6 is 23.7 Å². The van der Waals surface area contributed by atoms with Gasteiger partial charge in [0, 0.05) is 11.8 Å². The zero-order valence-electron chi connectivity index (χ0n) is 16.9. The van der Waals surface area contributed by atoms with Crippen LogP contribution in [-0.2, 0) is 6.42 Å². The van der Waals surface area contributed by atoms with Crippen LogP contribution in [0.2, 0.25) is 0 Å². The SMILES string of the molecule is CCOc1ccc(C(NC(=O)c2csc(CCN)n2)C(C)C)cc1OCC.Cl. The second-order valence-corrected chi connectivity index (χ2v) is 7.38. The highest BCUT2D eigenvalue weighted by Crippen LogP contribution is 2.33. The molecule has 0 saturated carbocycles. The molecule has 0 fully saturated rings. The molecule has 1 unspecified atom stereocenters. The number of carbonyl (C=O) groups excluding carboxylic acids is 1. The zero-order chi connectivity index (χ0) is 19.8. The minimum atomic E-state index is -0.180. The number of rotatable bonds is 10. The first-order chi connectivity index (χ1) is 13.0. The van der Waals surface area contributed by atoms with Crippen molar-refractivity contribution in [2.75, 3.05) is 19.8 Å². The van der Waals surface area contributed by atoms with E-state index in [4.69, 9.17) is 15.2 Å². The van der Waals surface area contributed by atoms with Crippen molar-refractivity contribution >= 4 is 29.7 Å². The number of nitrogens with one attached hydrogen (secondary N) is 1. The first-order valence-corrected chi connectivity index (χ1v) is 10.2. The number of thiazole rings is 1. The van der Waals surface area contributed by atoms with Crippen LogP contribution in [0.25, 0.3) is 0 Å². The molecular weight excluding hydrogens is 398 g/mol. The van der Waals surface area contributed by atoms with Crippen LogP contribution in [0.5, 0.6) is 11.5 Å². The molecule has 28 heavy (non-hydrogen) atoms. The number of nitrogens with zero attached hydrogens (tertiary/aromatic N) is 1. The van der Waals surface area contributed by atoms with E-state index in [1.165, 1.54) is 11.3 Å². The number of hydrogen-bond acceptors (Lipinski definition) is 6. The summed E-state index contributed by atoms with van der Waals surface area (Å²) in [4.78, 5) is 17.0. The summed E-state index contributed by atoms with van der Waals surface area (Å²) in [6.45, 7) is 9.66. The smallest absolute Gasteiger partial charge is 0.271 e. The lowest BCUT2D eigenvalue weighted by atomic mass is 9.95. The van der Waals surface area contributed by atoms with Gasteiger partial charge in [-0.05, 0) is 44.0 Å². The lowest BCUT2D eigenvalue weighted by Gasteiger charge is -2.24. The van der Waals surface area contributed by atoms with Crippen molar-refractivity contribution in [2.24, 2.45) is 11.7 Å². The van der Waals surface area contributed by atoms with Crippen LogP contribution in [-0.4, -0.2) is 30.6 Å². The summed E-state index contributed by atoms with van der Waals surface area (Å²) in [7, 11) is 0. The topological polar surface area (TPSA) is 86.5 Å². The van der Waals surface area contributed by atoms with Gasteiger partial charge >= 0.3 is 0 Å². The van der Waals surface area contributed by atoms with Gasteiger partial charge in [0.15, 0.2) is 11.5 Å². The number of aromatic nitrogens is 1. The highest BCUT2D eigenvalue weighted by molar-refractivity contribution is 7.09. The monoisotopic (exact) mass is 427 g/mol. The summed E-state index contributed by atoms with van der Waals surface area (Å²) in [5.41, 5.74) is 6.97. The van der Waals surface area contributed by atoms with Crippen molar-refractivity contribution in [3.05, 3.63) is 39.8 Å². The molecule has 0 aliphatic carbocycles. The van der Waals surface area contributed by atoms with Crippen molar-refractivity contribution in [2.45, 2.75) is 40.2 Å². The number of carbonyl (C=O) groups is 1. The Morgan fingerprint density at radius 2 is 1.89 bits per heavy atom. The molecule has 6 nitrogen and oxygen atoms in total. The van der Waals surface area contributed by atoms with Gasteiger partial charge in [0.05, 0.1) is 24.3 Å². The van der Waals surface area contributed by atoms with E-state index in [0.717, 1.165) is 10.6 Å². The Morgan fingerprint density at radius 3 is 2.50 bits per heavy atom. The largest absolute Gasteiger partial charge is 0.490 e. The summed E-state index contributed by atoms with van der Waals surface area (Å²) in [6.07, 6.45) is 0.683. The van der Waals surface area contributed by atoms with Crippen LogP contribution < -0.4 is 20.5 Å². The maximum Gasteiger partial charge on any atom is 0.271 e. The number of nitrogens with two attached hydrogens (primary N) is 1. The van der Waals surface area contributed by atoms with Gasteiger partial charge in [0.2, 0.25) is 0 Å². The van der Waals surface area contributed by atoms with Gasteiger partial charge in [0.25, 0.3) is 5.91 Å². The molecule has 0 saturated heterocycles. The molecule has 0 bridgehead atoms. The second-order valence-electron chi connectivity index (χ2n) is 6.43. The fourth-order valence-electron chi connectivity index (χ4n) is 2.76. The lowest BCUT2D eigenvalue weighted by Crippen LogP contribution is -2.32. The third-order valence-electron chi connectivity index (χ3n) is 4.02. The minimum Gasteiger partial charge on any atom is -0.490 e. The van der Waals surface area contributed by atoms with Crippen molar-refractivity contribution in [3.8, 4) is 11.5 Å². The fraction of sp³-hybridized carbons (Fsp3) is 0.500. The van der Waals surface area contributed by atoms with E-state index in [9.17, 15) is 4.79 Å². The molecule has 1 atom stereocenters. The lowest BCUT2D eigenvalue weighted by molar-refractivity contribution is 0.0921. The Kier molecular flexibility index (Phi) is 10.3. The van der Waals surface area contributed by atoms with Crippen LogP contribution in [0.4, 0.5) is 0 Å². The van der Waals surface area contributed by atoms with Crippen LogP contribution in [0.3, 0.4) is 0 Å². The molecule has 1 heterocycles. The molecule has 0 aliphatic heterocycles. The third-order valence-corrected chi connectivity index (χ3v) is 4.93. The summed E-state index contributed by atoms with van der Waals surface area (Å²) >= 11 is 1.46. The molecule has 156 valence electrons. The summed E-state index contributed by atoms with van der Waals surface area (Å²) < 4.78 is 11.3. The predicted octanol–water partition coefficient (Wildman–Crippen LogP) is 3.99. The summed E-state index contributed by atoms with van der Waals surface area (Å²) in [5.74, 6) is 1.42. The van der Waals surface area contributed by atoms with Crippen LogP contribution in [0.15, 0.2) is 23.6 Å². The molecule has 1 aromatic carbocycles. The van der Waals surface area contributed by atoms with Gasteiger partial charge in [-0.2, -0.15) is 0 Å². The maximum absolute atomic E-state index is 12.7. The second kappa shape index (κ2) is 11.9. The van der Waals surface area contributed by atoms with Crippen molar-refractivity contribution < 1.29 is 14.3 Å². The molecule has 0 radical (unpaired) electrons. The van der Waals surface area contributed by atoms with Gasteiger partial charge < -0.3 is 20.5 Å². The van der Waals surface area contributed by atoms with Gasteiger partial charge in [-0.1, -0.05) is 19.9 Å². The van der Waals surface area contributed by atoms with E-state index >= 15 is 0 Å². The molecule has 3 N–H and O–H groups in total. The average molecular weight is 428 g/mol. The Balaban J connectivity index is 0.00000392. The van der Waals surface area contributed by atoms with E-state index in [1.807, 2.05) is 32.0 Å². The van der Waals surface area contributed by atoms with Gasteiger partial charge in [0.1, 0.15) is 5.69 Å². The first-order valence-electron chi connectivity index (χ1n) is 9.34. The van der Waals surface area contributed by atoms with Crippen LogP contribution in [0, 0.1) is 5.92 Å². The van der Waals surface area contributed by atoms with Crippen molar-refractivity contribution in [1.29, 1.82) is 0 Å². The Bertz CT molecular complexity index is 752. The van der Waals surface area contributed by atoms with Crippen molar-refractivity contribution in [1.82, 2.24) is 10.3 Å². The number of amides is 1. The molecule has 2 aromatic rings. The molecule has 1 amide bonds. The minimum absolute atomic E-state index is 0. The van der Waals surface area contributed by atoms with E-state index in [1.54, 1.807) is 5.38 Å². The predicted molar refractivity (Wildman–Crippen MR) is 116 cm³/mol. The standard InChI is InChI=1S/C20H29N3O3S.ClH/c1-5-25-16-8-7-14(11-17(16)26-6-2)19(13(3)4)23-20(24)15-12-27-18(22-15)9-10-21;/h7-8,11-13,19H,5-6,9-10,21H2,1-4H3,(H,23,24);1H. The molecule has 0 spiro atoms. The number of benzene rings is 1. The number of hydrogen-bond donors (Lipinski definition) is 2. The van der Waals surface area contributed by atoms with Crippen molar-refractivity contribution in [3.63, 3.8) is 0 Å². The summed E-state index contributed by atoms with van der Waals surface area (Å²) in [6, 6.07) is 5.65. The highest BCUT2D eigenvalue weighted by atomic mass is 35.5. The molecular formula is C20H30ClN3O3S. The molecule has 8 heteroatoms. The fourth-order valence-corrected chi connectivity index (χ4v) is 3.56. The first kappa shape index (κ1) is 24.2. The molecule has 1 aromatic heterocycles. The van der Waals surface area contributed by atoms with Gasteiger partial charge in [-0.15, -0.1) is 23.7 Å². The Morgan fingerprint density at radius 1 is 1.21 bits per heavy atom. The quantitative estimate of drug-likeness (QED) is 0.598. The van der Waals surface area contributed by atoms with E-state index in [2.05, 4.69) is 24.1 Å². The zero-order valence-corrected chi connectivity index (χ0v) is 18.5. The van der Waals surface area contributed by atoms with Gasteiger partial charge in [-0.3, -0.25) is 4.79 Å². The molecule has 0 aliphatic rings. The van der Waals surface area contributed by atoms with E-state index in [0.29, 0.717) is 43.4 Å². The molecule has 2 rings (SSSR count). The number of halogens is 1. The van der Waals surface area contributed by atoms with E-state index < -0.39 is 0 Å². The highest BCUT2D eigenvalue weighted by Gasteiger charge is 2.22. The maximum atomic E-state index is 12.7. The Hall–Kier alpha value is -1.83. The Labute approximate surface area is 177 Å². The van der Waals surface area contributed by atoms with Crippen LogP contribution in [0.1, 0.15) is 54.8 Å². The third kappa shape index (κ3) is 6.36. The van der Waals surface area contributed by atoms with E-state index in [-0.39, 0.29) is 30.3 Å². The average Bonchev–Trinajstić information content (AvgIpc) is 3.10.